The molecule has 1 saturated heterocycles. The van der Waals surface area contributed by atoms with Gasteiger partial charge in [0.05, 0.1) is 12.6 Å². The lowest BCUT2D eigenvalue weighted by atomic mass is 9.84. The molecule has 182 valence electrons. The summed E-state index contributed by atoms with van der Waals surface area (Å²) in [5.41, 5.74) is 1.10. The molecule has 0 aliphatic carbocycles. The van der Waals surface area contributed by atoms with Gasteiger partial charge in [0.1, 0.15) is 13.2 Å². The molecule has 1 aromatic rings. The van der Waals surface area contributed by atoms with Crippen LogP contribution >= 0.6 is 24.0 Å². The van der Waals surface area contributed by atoms with Gasteiger partial charge in [-0.1, -0.05) is 19.9 Å². The maximum atomic E-state index is 6.00. The van der Waals surface area contributed by atoms with Gasteiger partial charge in [0.15, 0.2) is 17.5 Å². The third-order valence-corrected chi connectivity index (χ3v) is 5.87. The number of methoxy groups -OCH3 is 1. The molecule has 8 heteroatoms. The smallest absolute Gasteiger partial charge is 0.193 e. The number of hydrogen-bond donors (Lipinski definition) is 1. The molecule has 1 N–H and O–H groups in total. The highest BCUT2D eigenvalue weighted by atomic mass is 127. The molecule has 0 amide bonds. The molecule has 2 heterocycles. The van der Waals surface area contributed by atoms with E-state index in [1.54, 1.807) is 7.11 Å². The minimum absolute atomic E-state index is 0. The Bertz CT molecular complexity index is 721. The van der Waals surface area contributed by atoms with Crippen LogP contribution in [0.2, 0.25) is 0 Å². The minimum Gasteiger partial charge on any atom is -0.486 e. The summed E-state index contributed by atoms with van der Waals surface area (Å²) in [5, 5.41) is 3.47. The van der Waals surface area contributed by atoms with E-state index in [4.69, 9.17) is 23.9 Å². The second-order valence-electron chi connectivity index (χ2n) is 8.82. The molecule has 7 nitrogen and oxygen atoms in total. The maximum absolute atomic E-state index is 6.00. The molecular weight excluding hydrogens is 521 g/mol. The largest absolute Gasteiger partial charge is 0.486 e. The van der Waals surface area contributed by atoms with Crippen LogP contribution in [0.25, 0.3) is 0 Å². The lowest BCUT2D eigenvalue weighted by Crippen LogP contribution is -2.47. The fourth-order valence-electron chi connectivity index (χ4n) is 3.94. The predicted molar refractivity (Wildman–Crippen MR) is 139 cm³/mol. The van der Waals surface area contributed by atoms with Gasteiger partial charge in [0.2, 0.25) is 0 Å². The Kier molecular flexibility index (Phi) is 11.3. The molecule has 32 heavy (non-hydrogen) atoms. The van der Waals surface area contributed by atoms with E-state index in [9.17, 15) is 0 Å². The third-order valence-electron chi connectivity index (χ3n) is 5.87. The Balaban J connectivity index is 0.00000363. The van der Waals surface area contributed by atoms with Crippen molar-refractivity contribution in [3.63, 3.8) is 0 Å². The summed E-state index contributed by atoms with van der Waals surface area (Å²) < 4.78 is 22.5. The Morgan fingerprint density at radius 3 is 2.56 bits per heavy atom. The van der Waals surface area contributed by atoms with Crippen LogP contribution in [0.5, 0.6) is 11.5 Å². The van der Waals surface area contributed by atoms with Crippen LogP contribution in [0.3, 0.4) is 0 Å². The molecule has 0 bridgehead atoms. The second-order valence-corrected chi connectivity index (χ2v) is 8.82. The van der Waals surface area contributed by atoms with Crippen molar-refractivity contribution in [2.45, 2.75) is 51.6 Å². The fourth-order valence-corrected chi connectivity index (χ4v) is 3.94. The number of likely N-dealkylation sites (tertiary alicyclic amines) is 1. The quantitative estimate of drug-likeness (QED) is 0.214. The van der Waals surface area contributed by atoms with Crippen LogP contribution in [0.15, 0.2) is 23.2 Å². The van der Waals surface area contributed by atoms with Crippen molar-refractivity contribution in [2.75, 3.05) is 59.7 Å². The number of fused-ring (bicyclic) bond motifs is 1. The number of rotatable bonds is 9. The summed E-state index contributed by atoms with van der Waals surface area (Å²) in [7, 11) is 1.73. The minimum atomic E-state index is -0.112. The van der Waals surface area contributed by atoms with E-state index in [-0.39, 0.29) is 29.4 Å². The van der Waals surface area contributed by atoms with Crippen molar-refractivity contribution in [1.29, 1.82) is 0 Å². The van der Waals surface area contributed by atoms with E-state index in [1.807, 2.05) is 6.07 Å². The zero-order chi connectivity index (χ0) is 22.1. The number of ether oxygens (including phenoxy) is 4. The molecule has 2 aliphatic heterocycles. The summed E-state index contributed by atoms with van der Waals surface area (Å²) in [6.45, 7) is 12.8. The first-order valence-electron chi connectivity index (χ1n) is 11.6. The van der Waals surface area contributed by atoms with Gasteiger partial charge in [-0.2, -0.15) is 0 Å². The van der Waals surface area contributed by atoms with Crippen molar-refractivity contribution in [1.82, 2.24) is 10.2 Å². The number of aliphatic imine (C=N–C) groups is 1. The van der Waals surface area contributed by atoms with Crippen LogP contribution in [0.4, 0.5) is 0 Å². The number of nitrogens with one attached hydrogen (secondary N) is 1. The van der Waals surface area contributed by atoms with Crippen molar-refractivity contribution in [2.24, 2.45) is 4.99 Å². The fraction of sp³-hybridized carbons (Fsp3) is 0.708. The highest BCUT2D eigenvalue weighted by Gasteiger charge is 2.26. The zero-order valence-corrected chi connectivity index (χ0v) is 22.4. The van der Waals surface area contributed by atoms with Crippen LogP contribution in [-0.2, 0) is 14.9 Å². The van der Waals surface area contributed by atoms with Gasteiger partial charge in [0.25, 0.3) is 0 Å². The highest BCUT2D eigenvalue weighted by molar-refractivity contribution is 14.0. The van der Waals surface area contributed by atoms with E-state index in [1.165, 1.54) is 5.56 Å². The molecule has 3 rings (SSSR count). The van der Waals surface area contributed by atoms with Crippen LogP contribution < -0.4 is 14.8 Å². The second kappa shape index (κ2) is 13.4. The highest BCUT2D eigenvalue weighted by Crippen LogP contribution is 2.35. The first-order chi connectivity index (χ1) is 15.0. The Labute approximate surface area is 210 Å². The van der Waals surface area contributed by atoms with Crippen LogP contribution in [0, 0.1) is 0 Å². The van der Waals surface area contributed by atoms with Crippen LogP contribution in [0.1, 0.15) is 45.6 Å². The number of benzene rings is 1. The van der Waals surface area contributed by atoms with Crippen molar-refractivity contribution >= 4 is 29.9 Å². The van der Waals surface area contributed by atoms with Gasteiger partial charge in [-0.05, 0) is 43.9 Å². The Morgan fingerprint density at radius 1 is 1.16 bits per heavy atom. The van der Waals surface area contributed by atoms with Gasteiger partial charge in [0, 0.05) is 45.4 Å². The number of nitrogens with zero attached hydrogens (tertiary/aromatic N) is 2. The zero-order valence-electron chi connectivity index (χ0n) is 20.0. The number of guanidine groups is 1. The van der Waals surface area contributed by atoms with Crippen molar-refractivity contribution in [3.8, 4) is 11.5 Å². The molecule has 1 aromatic carbocycles. The molecule has 1 fully saturated rings. The van der Waals surface area contributed by atoms with Gasteiger partial charge in [-0.3, -0.25) is 4.99 Å². The summed E-state index contributed by atoms with van der Waals surface area (Å²) in [6.07, 6.45) is 3.35. The van der Waals surface area contributed by atoms with Gasteiger partial charge in [-0.15, -0.1) is 24.0 Å². The van der Waals surface area contributed by atoms with Gasteiger partial charge >= 0.3 is 0 Å². The third kappa shape index (κ3) is 7.66. The van der Waals surface area contributed by atoms with Crippen molar-refractivity contribution < 1.29 is 18.9 Å². The van der Waals surface area contributed by atoms with E-state index in [0.29, 0.717) is 25.9 Å². The van der Waals surface area contributed by atoms with Crippen LogP contribution in [-0.4, -0.2) is 76.7 Å². The average molecular weight is 562 g/mol. The average Bonchev–Trinajstić information content (AvgIpc) is 2.79. The topological polar surface area (TPSA) is 64.6 Å². The first-order valence-corrected chi connectivity index (χ1v) is 11.6. The molecule has 0 radical (unpaired) electrons. The summed E-state index contributed by atoms with van der Waals surface area (Å²) in [6, 6.07) is 6.24. The van der Waals surface area contributed by atoms with Gasteiger partial charge < -0.3 is 29.2 Å². The van der Waals surface area contributed by atoms with E-state index >= 15 is 0 Å². The maximum Gasteiger partial charge on any atom is 0.193 e. The number of hydrogen-bond acceptors (Lipinski definition) is 5. The van der Waals surface area contributed by atoms with E-state index in [0.717, 1.165) is 69.6 Å². The molecule has 0 atom stereocenters. The van der Waals surface area contributed by atoms with E-state index in [2.05, 4.69) is 43.1 Å². The van der Waals surface area contributed by atoms with Crippen molar-refractivity contribution in [3.05, 3.63) is 23.8 Å². The standard InChI is InChI=1S/C24H39N3O4.HI/c1-5-25-23(27-11-9-20(10-12-27)29-14-6-13-28-4)26-18-24(2,3)19-7-8-21-22(17-19)31-16-15-30-21;/h7-8,17,20H,5-6,9-16,18H2,1-4H3,(H,25,26);1H. The molecule has 0 aromatic heterocycles. The van der Waals surface area contributed by atoms with Gasteiger partial charge in [-0.25, -0.2) is 0 Å². The number of piperidine rings is 1. The predicted octanol–water partition coefficient (Wildman–Crippen LogP) is 3.84. The summed E-state index contributed by atoms with van der Waals surface area (Å²) in [5.74, 6) is 2.65. The van der Waals surface area contributed by atoms with E-state index < -0.39 is 0 Å². The first kappa shape index (κ1) is 27.0. The molecular formula is C24H40IN3O4. The molecule has 0 saturated carbocycles. The SMILES string of the molecule is CCNC(=NCC(C)(C)c1ccc2c(c1)OCCO2)N1CCC(OCCCOC)CC1.I. The molecule has 0 unspecified atom stereocenters. The Morgan fingerprint density at radius 2 is 1.88 bits per heavy atom. The number of halogens is 1. The lowest BCUT2D eigenvalue weighted by Gasteiger charge is -2.35. The lowest BCUT2D eigenvalue weighted by molar-refractivity contribution is 0.00989. The summed E-state index contributed by atoms with van der Waals surface area (Å²) in [4.78, 5) is 7.37. The molecule has 0 spiro atoms. The molecule has 2 aliphatic rings. The normalized spacial score (nSPS) is 17.1. The Hall–Kier alpha value is -1.26. The summed E-state index contributed by atoms with van der Waals surface area (Å²) >= 11 is 0. The monoisotopic (exact) mass is 561 g/mol.